The molecule has 3 rings (SSSR count). The van der Waals surface area contributed by atoms with Crippen molar-refractivity contribution in [2.75, 3.05) is 18.2 Å². The molecule has 1 N–H and O–H groups in total. The Hall–Kier alpha value is -2.53. The molecule has 122 valence electrons. The molecule has 0 unspecified atom stereocenters. The number of hydrogen-bond donors (Lipinski definition) is 1. The van der Waals surface area contributed by atoms with Crippen molar-refractivity contribution in [3.05, 3.63) is 60.3 Å². The zero-order chi connectivity index (χ0) is 16.9. The molecule has 1 amide bonds. The van der Waals surface area contributed by atoms with Gasteiger partial charge >= 0.3 is 0 Å². The molecule has 24 heavy (non-hydrogen) atoms. The second-order valence-electron chi connectivity index (χ2n) is 5.35. The molecule has 0 aliphatic rings. The Morgan fingerprint density at radius 1 is 1.17 bits per heavy atom. The molecule has 0 spiro atoms. The minimum Gasteiger partial charge on any atom is -0.497 e. The van der Waals surface area contributed by atoms with Crippen LogP contribution >= 0.6 is 11.8 Å². The fraction of sp³-hybridized carbons (Fsp3) is 0.158. The molecule has 0 aliphatic heterocycles. The fourth-order valence-electron chi connectivity index (χ4n) is 2.41. The van der Waals surface area contributed by atoms with Crippen molar-refractivity contribution in [1.29, 1.82) is 0 Å². The molecular formula is C19H18N2O2S. The molecule has 0 radical (unpaired) electrons. The van der Waals surface area contributed by atoms with Crippen LogP contribution in [-0.4, -0.2) is 23.8 Å². The molecule has 0 bridgehead atoms. The van der Waals surface area contributed by atoms with Crippen molar-refractivity contribution in [1.82, 2.24) is 4.98 Å². The smallest absolute Gasteiger partial charge is 0.234 e. The van der Waals surface area contributed by atoms with E-state index in [0.29, 0.717) is 5.75 Å². The van der Waals surface area contributed by atoms with Gasteiger partial charge in [0, 0.05) is 21.7 Å². The summed E-state index contributed by atoms with van der Waals surface area (Å²) in [5.74, 6) is 1.09. The van der Waals surface area contributed by atoms with Gasteiger partial charge in [-0.05, 0) is 43.3 Å². The summed E-state index contributed by atoms with van der Waals surface area (Å²) in [5.41, 5.74) is 2.64. The molecule has 0 atom stereocenters. The van der Waals surface area contributed by atoms with Crippen molar-refractivity contribution in [2.45, 2.75) is 11.8 Å². The summed E-state index contributed by atoms with van der Waals surface area (Å²) in [5, 5.41) is 3.89. The molecule has 5 heteroatoms. The van der Waals surface area contributed by atoms with E-state index >= 15 is 0 Å². The van der Waals surface area contributed by atoms with Crippen LogP contribution in [0, 0.1) is 6.92 Å². The lowest BCUT2D eigenvalue weighted by Gasteiger charge is -2.09. The van der Waals surface area contributed by atoms with E-state index in [1.807, 2.05) is 61.5 Å². The lowest BCUT2D eigenvalue weighted by Crippen LogP contribution is -2.13. The Balaban J connectivity index is 1.78. The third-order valence-corrected chi connectivity index (χ3v) is 4.58. The van der Waals surface area contributed by atoms with Crippen molar-refractivity contribution >= 4 is 34.3 Å². The third-order valence-electron chi connectivity index (χ3n) is 3.52. The van der Waals surface area contributed by atoms with Crippen LogP contribution in [0.25, 0.3) is 10.9 Å². The topological polar surface area (TPSA) is 51.2 Å². The first-order valence-electron chi connectivity index (χ1n) is 7.59. The van der Waals surface area contributed by atoms with Crippen LogP contribution in [0.1, 0.15) is 5.69 Å². The van der Waals surface area contributed by atoms with Crippen molar-refractivity contribution < 1.29 is 9.53 Å². The van der Waals surface area contributed by atoms with Crippen LogP contribution in [0.4, 0.5) is 5.69 Å². The number of anilines is 1. The number of amides is 1. The van der Waals surface area contributed by atoms with Crippen LogP contribution in [0.5, 0.6) is 5.75 Å². The Labute approximate surface area is 145 Å². The number of benzene rings is 2. The van der Waals surface area contributed by atoms with Crippen molar-refractivity contribution in [2.24, 2.45) is 0 Å². The Bertz CT molecular complexity index is 866. The molecular weight excluding hydrogens is 320 g/mol. The first kappa shape index (κ1) is 16.3. The van der Waals surface area contributed by atoms with E-state index in [1.54, 1.807) is 7.11 Å². The highest BCUT2D eigenvalue weighted by Crippen LogP contribution is 2.30. The van der Waals surface area contributed by atoms with Crippen LogP contribution in [0.15, 0.2) is 59.5 Å². The van der Waals surface area contributed by atoms with Gasteiger partial charge in [0.15, 0.2) is 0 Å². The standard InChI is InChI=1S/C19H18N2O2S/c1-13-10-18(16-11-15(23-2)8-9-17(16)20-13)24-12-19(22)21-14-6-4-3-5-7-14/h3-11H,12H2,1-2H3,(H,21,22). The second kappa shape index (κ2) is 7.36. The van der Waals surface area contributed by atoms with Gasteiger partial charge in [-0.2, -0.15) is 0 Å². The molecule has 0 aliphatic carbocycles. The molecule has 3 aromatic rings. The lowest BCUT2D eigenvalue weighted by atomic mass is 10.2. The second-order valence-corrected chi connectivity index (χ2v) is 6.36. The predicted molar refractivity (Wildman–Crippen MR) is 98.8 cm³/mol. The average Bonchev–Trinajstić information content (AvgIpc) is 2.60. The van der Waals surface area contributed by atoms with Crippen LogP contribution < -0.4 is 10.1 Å². The van der Waals surface area contributed by atoms with Gasteiger partial charge in [0.2, 0.25) is 5.91 Å². The molecule has 1 heterocycles. The maximum absolute atomic E-state index is 12.2. The summed E-state index contributed by atoms with van der Waals surface area (Å²) in [6.45, 7) is 1.96. The monoisotopic (exact) mass is 338 g/mol. The molecule has 0 saturated heterocycles. The number of carbonyl (C=O) groups excluding carboxylic acids is 1. The minimum absolute atomic E-state index is 0.0308. The number of ether oxygens (including phenoxy) is 1. The van der Waals surface area contributed by atoms with E-state index in [2.05, 4.69) is 10.3 Å². The third kappa shape index (κ3) is 3.86. The summed E-state index contributed by atoms with van der Waals surface area (Å²) < 4.78 is 5.30. The number of thioether (sulfide) groups is 1. The van der Waals surface area contributed by atoms with Gasteiger partial charge in [-0.1, -0.05) is 18.2 Å². The lowest BCUT2D eigenvalue weighted by molar-refractivity contribution is -0.113. The summed E-state index contributed by atoms with van der Waals surface area (Å²) in [6, 6.07) is 17.3. The molecule has 1 aromatic heterocycles. The zero-order valence-electron chi connectivity index (χ0n) is 13.6. The van der Waals surface area contributed by atoms with Gasteiger partial charge in [0.1, 0.15) is 5.75 Å². The Morgan fingerprint density at radius 2 is 1.96 bits per heavy atom. The highest BCUT2D eigenvalue weighted by molar-refractivity contribution is 8.00. The maximum atomic E-state index is 12.2. The molecule has 4 nitrogen and oxygen atoms in total. The average molecular weight is 338 g/mol. The van der Waals surface area contributed by atoms with Gasteiger partial charge in [0.25, 0.3) is 0 Å². The highest BCUT2D eigenvalue weighted by atomic mass is 32.2. The summed E-state index contributed by atoms with van der Waals surface area (Å²) >= 11 is 1.50. The van der Waals surface area contributed by atoms with E-state index in [9.17, 15) is 4.79 Å². The van der Waals surface area contributed by atoms with Crippen LogP contribution in [0.3, 0.4) is 0 Å². The largest absolute Gasteiger partial charge is 0.497 e. The Kier molecular flexibility index (Phi) is 5.01. The number of fused-ring (bicyclic) bond motifs is 1. The van der Waals surface area contributed by atoms with E-state index in [-0.39, 0.29) is 5.91 Å². The number of aryl methyl sites for hydroxylation is 1. The fourth-order valence-corrected chi connectivity index (χ4v) is 3.34. The Morgan fingerprint density at radius 3 is 2.71 bits per heavy atom. The van der Waals surface area contributed by atoms with Gasteiger partial charge in [-0.15, -0.1) is 11.8 Å². The molecule has 2 aromatic carbocycles. The SMILES string of the molecule is COc1ccc2nc(C)cc(SCC(=O)Nc3ccccc3)c2c1. The summed E-state index contributed by atoms with van der Waals surface area (Å²) in [7, 11) is 1.64. The number of nitrogens with one attached hydrogen (secondary N) is 1. The van der Waals surface area contributed by atoms with Gasteiger partial charge in [0.05, 0.1) is 18.4 Å². The first-order chi connectivity index (χ1) is 11.7. The van der Waals surface area contributed by atoms with Gasteiger partial charge < -0.3 is 10.1 Å². The van der Waals surface area contributed by atoms with E-state index < -0.39 is 0 Å². The predicted octanol–water partition coefficient (Wildman–Crippen LogP) is 4.28. The molecule has 0 fully saturated rings. The van der Waals surface area contributed by atoms with Crippen LogP contribution in [-0.2, 0) is 4.79 Å². The normalized spacial score (nSPS) is 10.6. The van der Waals surface area contributed by atoms with Gasteiger partial charge in [-0.25, -0.2) is 0 Å². The number of pyridine rings is 1. The van der Waals surface area contributed by atoms with Crippen molar-refractivity contribution in [3.8, 4) is 5.75 Å². The van der Waals surface area contributed by atoms with Gasteiger partial charge in [-0.3, -0.25) is 9.78 Å². The summed E-state index contributed by atoms with van der Waals surface area (Å²) in [4.78, 5) is 17.7. The number of nitrogens with zero attached hydrogens (tertiary/aromatic N) is 1. The number of methoxy groups -OCH3 is 1. The minimum atomic E-state index is -0.0308. The van der Waals surface area contributed by atoms with E-state index in [0.717, 1.165) is 32.9 Å². The number of aromatic nitrogens is 1. The quantitative estimate of drug-likeness (QED) is 0.705. The summed E-state index contributed by atoms with van der Waals surface area (Å²) in [6.07, 6.45) is 0. The number of rotatable bonds is 5. The molecule has 0 saturated carbocycles. The number of hydrogen-bond acceptors (Lipinski definition) is 4. The van der Waals surface area contributed by atoms with E-state index in [4.69, 9.17) is 4.74 Å². The first-order valence-corrected chi connectivity index (χ1v) is 8.57. The zero-order valence-corrected chi connectivity index (χ0v) is 14.4. The van der Waals surface area contributed by atoms with Crippen LogP contribution in [0.2, 0.25) is 0 Å². The number of para-hydroxylation sites is 1. The van der Waals surface area contributed by atoms with Crippen molar-refractivity contribution in [3.63, 3.8) is 0 Å². The van der Waals surface area contributed by atoms with E-state index in [1.165, 1.54) is 11.8 Å². The highest BCUT2D eigenvalue weighted by Gasteiger charge is 2.09. The number of carbonyl (C=O) groups is 1. The maximum Gasteiger partial charge on any atom is 0.234 e.